The van der Waals surface area contributed by atoms with Crippen molar-refractivity contribution in [2.24, 2.45) is 11.7 Å². The maximum absolute atomic E-state index is 14.0. The predicted octanol–water partition coefficient (Wildman–Crippen LogP) is 2.77. The average molecular weight is 614 g/mol. The number of amides is 3. The summed E-state index contributed by atoms with van der Waals surface area (Å²) in [6.07, 6.45) is 6.51. The number of nitrogens with two attached hydrogens (primary N) is 1. The maximum Gasteiger partial charge on any atom is 0.328 e. The Morgan fingerprint density at radius 2 is 1.84 bits per heavy atom. The fourth-order valence-electron chi connectivity index (χ4n) is 5.68. The molecule has 0 spiro atoms. The molecule has 1 aliphatic heterocycles. The van der Waals surface area contributed by atoms with Gasteiger partial charge in [0, 0.05) is 36.4 Å². The predicted molar refractivity (Wildman–Crippen MR) is 169 cm³/mol. The van der Waals surface area contributed by atoms with Crippen LogP contribution in [0, 0.1) is 5.92 Å². The molecule has 1 aliphatic rings. The standard InChI is InChI=1S/C33H39N7O5/c1-33(2,34)32(44)36-18-23(16-22-17-35-25-13-8-7-12-24(22)25)29(41)38-27-19-39(20-37-27)28(21-10-5-4-6-11-21)30(42)40-15-9-14-26(40)31(43)45-3/h4-8,10-13,17,19-20,23,26,28,35H,9,14-16,18,34H2,1-3H3,(H,36,44)(H,38,41)/t23-,26-,28?/m0/s1. The van der Waals surface area contributed by atoms with Crippen LogP contribution in [0.4, 0.5) is 5.82 Å². The largest absolute Gasteiger partial charge is 0.467 e. The van der Waals surface area contributed by atoms with E-state index in [0.29, 0.717) is 31.4 Å². The molecule has 3 amide bonds. The Morgan fingerprint density at radius 1 is 1.11 bits per heavy atom. The second-order valence-corrected chi connectivity index (χ2v) is 11.9. The number of benzene rings is 2. The highest BCUT2D eigenvalue weighted by atomic mass is 16.5. The van der Waals surface area contributed by atoms with Crippen LogP contribution in [0.5, 0.6) is 0 Å². The van der Waals surface area contributed by atoms with Gasteiger partial charge in [0.1, 0.15) is 12.1 Å². The van der Waals surface area contributed by atoms with E-state index in [1.807, 2.05) is 60.8 Å². The smallest absolute Gasteiger partial charge is 0.328 e. The van der Waals surface area contributed by atoms with Gasteiger partial charge in [-0.15, -0.1) is 0 Å². The SMILES string of the molecule is COC(=O)[C@@H]1CCCN1C(=O)C(c1ccccc1)n1cnc(NC(=O)[C@H](CNC(=O)C(C)(C)N)Cc2c[nH]c3ccccc23)c1. The Labute approximate surface area is 261 Å². The Morgan fingerprint density at radius 3 is 2.58 bits per heavy atom. The minimum Gasteiger partial charge on any atom is -0.467 e. The van der Waals surface area contributed by atoms with Gasteiger partial charge in [0.25, 0.3) is 5.91 Å². The molecule has 3 heterocycles. The number of ether oxygens (including phenoxy) is 1. The second-order valence-electron chi connectivity index (χ2n) is 11.9. The van der Waals surface area contributed by atoms with E-state index < -0.39 is 29.5 Å². The van der Waals surface area contributed by atoms with Gasteiger partial charge in [0.05, 0.1) is 24.9 Å². The number of likely N-dealkylation sites (tertiary alicyclic amines) is 1. The summed E-state index contributed by atoms with van der Waals surface area (Å²) in [5.74, 6) is -1.86. The van der Waals surface area contributed by atoms with Crippen molar-refractivity contribution in [1.82, 2.24) is 24.8 Å². The zero-order chi connectivity index (χ0) is 32.1. The summed E-state index contributed by atoms with van der Waals surface area (Å²) >= 11 is 0. The van der Waals surface area contributed by atoms with Crippen LogP contribution in [0.25, 0.3) is 10.9 Å². The van der Waals surface area contributed by atoms with Gasteiger partial charge in [-0.05, 0) is 50.3 Å². The Balaban J connectivity index is 1.39. The highest BCUT2D eigenvalue weighted by Crippen LogP contribution is 2.28. The highest BCUT2D eigenvalue weighted by Gasteiger charge is 2.39. The van der Waals surface area contributed by atoms with E-state index in [0.717, 1.165) is 16.5 Å². The van der Waals surface area contributed by atoms with Crippen LogP contribution in [0.2, 0.25) is 0 Å². The van der Waals surface area contributed by atoms with Crippen LogP contribution >= 0.6 is 0 Å². The number of nitrogens with one attached hydrogen (secondary N) is 3. The van der Waals surface area contributed by atoms with Gasteiger partial charge < -0.3 is 35.6 Å². The number of esters is 1. The molecule has 12 nitrogen and oxygen atoms in total. The lowest BCUT2D eigenvalue weighted by Crippen LogP contribution is -2.51. The van der Waals surface area contributed by atoms with Crippen LogP contribution in [0.1, 0.15) is 43.9 Å². The van der Waals surface area contributed by atoms with E-state index in [2.05, 4.69) is 20.6 Å². The van der Waals surface area contributed by atoms with Crippen LogP contribution in [-0.4, -0.2) is 74.9 Å². The minimum absolute atomic E-state index is 0.0561. The first-order valence-corrected chi connectivity index (χ1v) is 15.0. The van der Waals surface area contributed by atoms with Gasteiger partial charge in [-0.3, -0.25) is 14.4 Å². The van der Waals surface area contributed by atoms with Crippen LogP contribution in [-0.2, 0) is 30.3 Å². The fourth-order valence-corrected chi connectivity index (χ4v) is 5.68. The average Bonchev–Trinajstić information content (AvgIpc) is 3.79. The lowest BCUT2D eigenvalue weighted by molar-refractivity contribution is -0.151. The van der Waals surface area contributed by atoms with Gasteiger partial charge in [-0.25, -0.2) is 9.78 Å². The maximum atomic E-state index is 14.0. The molecule has 0 radical (unpaired) electrons. The quantitative estimate of drug-likeness (QED) is 0.189. The Hall–Kier alpha value is -4.97. The molecule has 0 saturated carbocycles. The number of anilines is 1. The van der Waals surface area contributed by atoms with Crippen molar-refractivity contribution >= 4 is 40.4 Å². The summed E-state index contributed by atoms with van der Waals surface area (Å²) in [6, 6.07) is 15.5. The Bertz CT molecular complexity index is 1670. The number of carbonyl (C=O) groups is 4. The molecule has 4 aromatic rings. The second kappa shape index (κ2) is 13.3. The minimum atomic E-state index is -1.11. The lowest BCUT2D eigenvalue weighted by Gasteiger charge is -2.28. The molecular formula is C33H39N7O5. The molecule has 0 bridgehead atoms. The van der Waals surface area contributed by atoms with Crippen molar-refractivity contribution in [2.75, 3.05) is 25.5 Å². The molecule has 2 aromatic carbocycles. The zero-order valence-electron chi connectivity index (χ0n) is 25.7. The number of carbonyl (C=O) groups excluding carboxylic acids is 4. The van der Waals surface area contributed by atoms with Gasteiger partial charge in [0.15, 0.2) is 5.82 Å². The summed E-state index contributed by atoms with van der Waals surface area (Å²) in [4.78, 5) is 61.9. The molecule has 5 N–H and O–H groups in total. The first kappa shape index (κ1) is 31.5. The third kappa shape index (κ3) is 7.07. The number of H-pyrrole nitrogens is 1. The zero-order valence-corrected chi connectivity index (χ0v) is 25.7. The topological polar surface area (TPSA) is 164 Å². The molecule has 1 unspecified atom stereocenters. The van der Waals surface area contributed by atoms with E-state index in [4.69, 9.17) is 10.5 Å². The number of fused-ring (bicyclic) bond motifs is 1. The van der Waals surface area contributed by atoms with Gasteiger partial charge in [-0.1, -0.05) is 48.5 Å². The van der Waals surface area contributed by atoms with E-state index >= 15 is 0 Å². The van der Waals surface area contributed by atoms with Crippen molar-refractivity contribution in [3.8, 4) is 0 Å². The van der Waals surface area contributed by atoms with Crippen molar-refractivity contribution in [3.05, 3.63) is 84.4 Å². The first-order chi connectivity index (χ1) is 21.6. The first-order valence-electron chi connectivity index (χ1n) is 15.0. The molecule has 12 heteroatoms. The monoisotopic (exact) mass is 613 g/mol. The number of hydrogen-bond acceptors (Lipinski definition) is 7. The van der Waals surface area contributed by atoms with Crippen LogP contribution in [0.15, 0.2) is 73.3 Å². The van der Waals surface area contributed by atoms with Gasteiger partial charge in [-0.2, -0.15) is 0 Å². The summed E-state index contributed by atoms with van der Waals surface area (Å²) in [6.45, 7) is 3.69. The molecule has 2 aromatic heterocycles. The van der Waals surface area contributed by atoms with E-state index in [1.54, 1.807) is 29.5 Å². The summed E-state index contributed by atoms with van der Waals surface area (Å²) in [5.41, 5.74) is 7.44. The summed E-state index contributed by atoms with van der Waals surface area (Å²) in [7, 11) is 1.32. The normalized spacial score (nSPS) is 16.3. The van der Waals surface area contributed by atoms with E-state index in [1.165, 1.54) is 13.4 Å². The fraction of sp³-hybridized carbons (Fsp3) is 0.364. The number of rotatable bonds is 11. The summed E-state index contributed by atoms with van der Waals surface area (Å²) in [5, 5.41) is 6.67. The van der Waals surface area contributed by atoms with Crippen molar-refractivity contribution in [3.63, 3.8) is 0 Å². The van der Waals surface area contributed by atoms with Crippen LogP contribution in [0.3, 0.4) is 0 Å². The lowest BCUT2D eigenvalue weighted by atomic mass is 9.97. The molecule has 3 atom stereocenters. The summed E-state index contributed by atoms with van der Waals surface area (Å²) < 4.78 is 6.59. The number of nitrogens with zero attached hydrogens (tertiary/aromatic N) is 3. The molecule has 0 aliphatic carbocycles. The number of aromatic nitrogens is 3. The van der Waals surface area contributed by atoms with Crippen molar-refractivity contribution in [1.29, 1.82) is 0 Å². The number of methoxy groups -OCH3 is 1. The molecule has 1 fully saturated rings. The third-order valence-corrected chi connectivity index (χ3v) is 8.12. The third-order valence-electron chi connectivity index (χ3n) is 8.12. The molecule has 5 rings (SSSR count). The van der Waals surface area contributed by atoms with Gasteiger partial charge in [0.2, 0.25) is 11.8 Å². The number of imidazole rings is 1. The molecule has 236 valence electrons. The molecule has 1 saturated heterocycles. The van der Waals surface area contributed by atoms with Gasteiger partial charge >= 0.3 is 5.97 Å². The highest BCUT2D eigenvalue weighted by molar-refractivity contribution is 5.94. The van der Waals surface area contributed by atoms with E-state index in [-0.39, 0.29) is 30.1 Å². The number of aromatic amines is 1. The van der Waals surface area contributed by atoms with E-state index in [9.17, 15) is 19.2 Å². The number of para-hydroxylation sites is 1. The number of hydrogen-bond donors (Lipinski definition) is 4. The molecular weight excluding hydrogens is 574 g/mol. The van der Waals surface area contributed by atoms with Crippen molar-refractivity contribution in [2.45, 2.75) is 50.7 Å². The Kier molecular flexibility index (Phi) is 9.33. The van der Waals surface area contributed by atoms with Crippen molar-refractivity contribution < 1.29 is 23.9 Å². The van der Waals surface area contributed by atoms with Crippen LogP contribution < -0.4 is 16.4 Å². The molecule has 45 heavy (non-hydrogen) atoms.